The number of benzene rings is 1. The number of carbonyl (C=O) groups excluding carboxylic acids is 1. The molecule has 0 aliphatic rings. The summed E-state index contributed by atoms with van der Waals surface area (Å²) in [6.07, 6.45) is 0. The fourth-order valence-electron chi connectivity index (χ4n) is 2.28. The van der Waals surface area contributed by atoms with Gasteiger partial charge in [0, 0.05) is 13.7 Å². The topological polar surface area (TPSA) is 52.8 Å². The molecular formula is C16H16N2O3S2. The lowest BCUT2D eigenvalue weighted by Gasteiger charge is -2.07. The van der Waals surface area contributed by atoms with Gasteiger partial charge in [-0.15, -0.1) is 11.3 Å². The van der Waals surface area contributed by atoms with Gasteiger partial charge in [-0.1, -0.05) is 23.5 Å². The Hall–Kier alpha value is -1.96. The van der Waals surface area contributed by atoms with Crippen molar-refractivity contribution in [2.45, 2.75) is 6.54 Å². The predicted molar refractivity (Wildman–Crippen MR) is 92.5 cm³/mol. The zero-order valence-electron chi connectivity index (χ0n) is 12.8. The van der Waals surface area contributed by atoms with E-state index in [-0.39, 0.29) is 5.91 Å². The first-order valence-electron chi connectivity index (χ1n) is 7.02. The van der Waals surface area contributed by atoms with Gasteiger partial charge in [0.25, 0.3) is 5.91 Å². The first-order valence-corrected chi connectivity index (χ1v) is 8.72. The maximum atomic E-state index is 12.3. The summed E-state index contributed by atoms with van der Waals surface area (Å²) in [4.78, 5) is 17.9. The molecule has 1 amide bonds. The van der Waals surface area contributed by atoms with E-state index in [9.17, 15) is 4.79 Å². The zero-order valence-corrected chi connectivity index (χ0v) is 14.4. The van der Waals surface area contributed by atoms with Crippen molar-refractivity contribution in [3.8, 4) is 5.75 Å². The molecule has 0 spiro atoms. The molecular weight excluding hydrogens is 332 g/mol. The number of rotatable bonds is 5. The molecule has 3 aromatic rings. The summed E-state index contributed by atoms with van der Waals surface area (Å²) in [5.41, 5.74) is 0.940. The SMILES string of the molecule is COCCn1c(=NC(=O)c2cccs2)sc2cccc(OC)c21. The van der Waals surface area contributed by atoms with Crippen molar-refractivity contribution in [3.63, 3.8) is 0 Å². The molecule has 0 saturated heterocycles. The lowest BCUT2D eigenvalue weighted by atomic mass is 10.3. The molecule has 1 aromatic carbocycles. The largest absolute Gasteiger partial charge is 0.495 e. The highest BCUT2D eigenvalue weighted by atomic mass is 32.1. The number of nitrogens with zero attached hydrogens (tertiary/aromatic N) is 2. The van der Waals surface area contributed by atoms with E-state index in [1.807, 2.05) is 34.2 Å². The van der Waals surface area contributed by atoms with Gasteiger partial charge in [0.2, 0.25) is 0 Å². The zero-order chi connectivity index (χ0) is 16.2. The molecule has 5 nitrogen and oxygen atoms in total. The molecule has 7 heteroatoms. The lowest BCUT2D eigenvalue weighted by Crippen LogP contribution is -2.19. The monoisotopic (exact) mass is 348 g/mol. The average Bonchev–Trinajstić information content (AvgIpc) is 3.20. The summed E-state index contributed by atoms with van der Waals surface area (Å²) in [6.45, 7) is 1.14. The van der Waals surface area contributed by atoms with Gasteiger partial charge < -0.3 is 14.0 Å². The van der Waals surface area contributed by atoms with Crippen LogP contribution in [0.3, 0.4) is 0 Å². The molecule has 3 rings (SSSR count). The van der Waals surface area contributed by atoms with Crippen LogP contribution in [0.2, 0.25) is 0 Å². The number of amides is 1. The molecule has 0 unspecified atom stereocenters. The molecule has 2 heterocycles. The highest BCUT2D eigenvalue weighted by Crippen LogP contribution is 2.27. The lowest BCUT2D eigenvalue weighted by molar-refractivity contribution is 0.100. The third-order valence-corrected chi connectivity index (χ3v) is 5.23. The number of hydrogen-bond acceptors (Lipinski definition) is 5. The van der Waals surface area contributed by atoms with E-state index in [1.54, 1.807) is 20.3 Å². The van der Waals surface area contributed by atoms with Gasteiger partial charge in [0.05, 0.1) is 23.3 Å². The number of para-hydroxylation sites is 1. The van der Waals surface area contributed by atoms with Crippen LogP contribution in [0.1, 0.15) is 9.67 Å². The first kappa shape index (κ1) is 15.9. The standard InChI is InChI=1S/C16H16N2O3S2/c1-20-9-8-18-14-11(21-2)5-3-6-12(14)23-16(18)17-15(19)13-7-4-10-22-13/h3-7,10H,8-9H2,1-2H3. The number of methoxy groups -OCH3 is 2. The van der Waals surface area contributed by atoms with Crippen LogP contribution in [-0.4, -0.2) is 31.3 Å². The van der Waals surface area contributed by atoms with Crippen LogP contribution in [0.15, 0.2) is 40.7 Å². The van der Waals surface area contributed by atoms with Crippen molar-refractivity contribution in [2.75, 3.05) is 20.8 Å². The maximum Gasteiger partial charge on any atom is 0.289 e. The molecule has 120 valence electrons. The molecule has 0 bridgehead atoms. The second kappa shape index (κ2) is 7.08. The van der Waals surface area contributed by atoms with Crippen LogP contribution in [0, 0.1) is 0 Å². The van der Waals surface area contributed by atoms with E-state index < -0.39 is 0 Å². The summed E-state index contributed by atoms with van der Waals surface area (Å²) in [7, 11) is 3.29. The summed E-state index contributed by atoms with van der Waals surface area (Å²) in [6, 6.07) is 9.47. The van der Waals surface area contributed by atoms with E-state index in [1.165, 1.54) is 22.7 Å². The molecule has 0 N–H and O–H groups in total. The summed E-state index contributed by atoms with van der Waals surface area (Å²) < 4.78 is 13.7. The van der Waals surface area contributed by atoms with Gasteiger partial charge in [-0.3, -0.25) is 4.79 Å². The normalized spacial score (nSPS) is 12.0. The van der Waals surface area contributed by atoms with Gasteiger partial charge in [-0.2, -0.15) is 4.99 Å². The molecule has 0 fully saturated rings. The number of hydrogen-bond donors (Lipinski definition) is 0. The first-order chi connectivity index (χ1) is 11.2. The second-order valence-corrected chi connectivity index (χ2v) is 6.69. The Morgan fingerprint density at radius 2 is 2.13 bits per heavy atom. The molecule has 0 atom stereocenters. The van der Waals surface area contributed by atoms with Crippen molar-refractivity contribution in [3.05, 3.63) is 45.4 Å². The molecule has 0 aliphatic carbocycles. The third kappa shape index (κ3) is 3.21. The third-order valence-electron chi connectivity index (χ3n) is 3.33. The van der Waals surface area contributed by atoms with Crippen LogP contribution < -0.4 is 9.54 Å². The fourth-order valence-corrected chi connectivity index (χ4v) is 3.96. The van der Waals surface area contributed by atoms with E-state index in [4.69, 9.17) is 9.47 Å². The number of ether oxygens (including phenoxy) is 2. The minimum atomic E-state index is -0.225. The maximum absolute atomic E-state index is 12.3. The fraction of sp³-hybridized carbons (Fsp3) is 0.250. The van der Waals surface area contributed by atoms with Crippen LogP contribution in [0.5, 0.6) is 5.75 Å². The van der Waals surface area contributed by atoms with Crippen molar-refractivity contribution in [1.29, 1.82) is 0 Å². The second-order valence-electron chi connectivity index (χ2n) is 4.73. The van der Waals surface area contributed by atoms with Gasteiger partial charge in [0.1, 0.15) is 11.3 Å². The number of fused-ring (bicyclic) bond motifs is 1. The molecule has 0 radical (unpaired) electrons. The van der Waals surface area contributed by atoms with E-state index in [0.717, 1.165) is 16.0 Å². The number of thiophene rings is 1. The Labute approximate surface area is 141 Å². The summed E-state index contributed by atoms with van der Waals surface area (Å²) in [5, 5.41) is 1.87. The van der Waals surface area contributed by atoms with E-state index >= 15 is 0 Å². The minimum Gasteiger partial charge on any atom is -0.495 e. The van der Waals surface area contributed by atoms with Gasteiger partial charge >= 0.3 is 0 Å². The van der Waals surface area contributed by atoms with Gasteiger partial charge in [0.15, 0.2) is 4.80 Å². The van der Waals surface area contributed by atoms with E-state index in [0.29, 0.717) is 22.8 Å². The van der Waals surface area contributed by atoms with Crippen molar-refractivity contribution in [1.82, 2.24) is 4.57 Å². The van der Waals surface area contributed by atoms with Crippen LogP contribution in [-0.2, 0) is 11.3 Å². The number of aromatic nitrogens is 1. The highest BCUT2D eigenvalue weighted by molar-refractivity contribution is 7.16. The molecule has 23 heavy (non-hydrogen) atoms. The predicted octanol–water partition coefficient (Wildman–Crippen LogP) is 3.16. The Morgan fingerprint density at radius 1 is 1.26 bits per heavy atom. The Morgan fingerprint density at radius 3 is 2.83 bits per heavy atom. The summed E-state index contributed by atoms with van der Waals surface area (Å²) >= 11 is 2.87. The van der Waals surface area contributed by atoms with E-state index in [2.05, 4.69) is 4.99 Å². The smallest absolute Gasteiger partial charge is 0.289 e. The molecule has 0 aliphatic heterocycles. The quantitative estimate of drug-likeness (QED) is 0.712. The minimum absolute atomic E-state index is 0.225. The van der Waals surface area contributed by atoms with Gasteiger partial charge in [-0.05, 0) is 23.6 Å². The van der Waals surface area contributed by atoms with Crippen molar-refractivity contribution >= 4 is 38.8 Å². The highest BCUT2D eigenvalue weighted by Gasteiger charge is 2.13. The van der Waals surface area contributed by atoms with Crippen LogP contribution >= 0.6 is 22.7 Å². The van der Waals surface area contributed by atoms with Gasteiger partial charge in [-0.25, -0.2) is 0 Å². The number of thiazole rings is 1. The van der Waals surface area contributed by atoms with Crippen LogP contribution in [0.4, 0.5) is 0 Å². The Bertz CT molecular complexity index is 879. The molecule has 2 aromatic heterocycles. The Balaban J connectivity index is 2.17. The number of carbonyl (C=O) groups is 1. The van der Waals surface area contributed by atoms with Crippen molar-refractivity contribution in [2.24, 2.45) is 4.99 Å². The van der Waals surface area contributed by atoms with Crippen molar-refractivity contribution < 1.29 is 14.3 Å². The van der Waals surface area contributed by atoms with Crippen LogP contribution in [0.25, 0.3) is 10.2 Å². The molecule has 0 saturated carbocycles. The Kier molecular flexibility index (Phi) is 4.90. The average molecular weight is 348 g/mol. The summed E-state index contributed by atoms with van der Waals surface area (Å²) in [5.74, 6) is 0.538.